The van der Waals surface area contributed by atoms with Crippen molar-refractivity contribution in [2.24, 2.45) is 0 Å². The maximum absolute atomic E-state index is 13.1. The van der Waals surface area contributed by atoms with E-state index >= 15 is 0 Å². The van der Waals surface area contributed by atoms with Crippen molar-refractivity contribution in [1.29, 1.82) is 0 Å². The van der Waals surface area contributed by atoms with E-state index in [1.54, 1.807) is 25.2 Å². The van der Waals surface area contributed by atoms with Crippen LogP contribution in [0.1, 0.15) is 75.6 Å². The Labute approximate surface area is 182 Å². The first-order valence-corrected chi connectivity index (χ1v) is 12.8. The first-order chi connectivity index (χ1) is 14.2. The number of rotatable bonds is 7. The number of benzene rings is 1. The number of nitrogens with one attached hydrogen (secondary N) is 1. The van der Waals surface area contributed by atoms with Crippen LogP contribution in [0.5, 0.6) is 0 Å². The molecular weight excluding hydrogens is 398 g/mol. The summed E-state index contributed by atoms with van der Waals surface area (Å²) in [7, 11) is -1.94. The topological polar surface area (TPSA) is 69.7 Å². The molecule has 1 saturated carbocycles. The van der Waals surface area contributed by atoms with Crippen LogP contribution in [-0.4, -0.2) is 61.8 Å². The first kappa shape index (κ1) is 23.2. The zero-order chi connectivity index (χ0) is 21.8. The molecule has 0 radical (unpaired) electrons. The van der Waals surface area contributed by atoms with Crippen LogP contribution in [0.2, 0.25) is 0 Å². The van der Waals surface area contributed by atoms with Gasteiger partial charge in [0.15, 0.2) is 0 Å². The fraction of sp³-hybridized carbons (Fsp3) is 0.696. The minimum absolute atomic E-state index is 0.0478. The average Bonchev–Trinajstić information content (AvgIpc) is 2.78. The van der Waals surface area contributed by atoms with Gasteiger partial charge < -0.3 is 5.32 Å². The lowest BCUT2D eigenvalue weighted by Gasteiger charge is -2.41. The lowest BCUT2D eigenvalue weighted by atomic mass is 9.96. The molecule has 0 aromatic heterocycles. The van der Waals surface area contributed by atoms with E-state index in [4.69, 9.17) is 0 Å². The lowest BCUT2D eigenvalue weighted by Crippen LogP contribution is -2.53. The molecule has 3 rings (SSSR count). The van der Waals surface area contributed by atoms with Crippen molar-refractivity contribution in [3.8, 4) is 0 Å². The maximum atomic E-state index is 13.1. The Morgan fingerprint density at radius 2 is 1.73 bits per heavy atom. The van der Waals surface area contributed by atoms with Crippen LogP contribution >= 0.6 is 0 Å². The highest BCUT2D eigenvalue weighted by atomic mass is 32.2. The third-order valence-electron chi connectivity index (χ3n) is 6.76. The molecule has 168 valence electrons. The van der Waals surface area contributed by atoms with Crippen LogP contribution in [0.25, 0.3) is 0 Å². The monoisotopic (exact) mass is 435 g/mol. The fourth-order valence-electron chi connectivity index (χ4n) is 4.61. The molecule has 1 N–H and O–H groups in total. The highest BCUT2D eigenvalue weighted by Gasteiger charge is 2.30. The SMILES string of the molecule is CN(C1CCCCC1)S(=O)(=O)c1cccc(C(=O)NCC(C)(C)N2CCCCC2)c1. The zero-order valence-electron chi connectivity index (χ0n) is 18.7. The largest absolute Gasteiger partial charge is 0.350 e. The Bertz CT molecular complexity index is 826. The van der Waals surface area contributed by atoms with Gasteiger partial charge in [-0.2, -0.15) is 4.31 Å². The number of carbonyl (C=O) groups excluding carboxylic acids is 1. The van der Waals surface area contributed by atoms with Gasteiger partial charge >= 0.3 is 0 Å². The van der Waals surface area contributed by atoms with Crippen LogP contribution in [0, 0.1) is 0 Å². The minimum Gasteiger partial charge on any atom is -0.350 e. The van der Waals surface area contributed by atoms with E-state index in [-0.39, 0.29) is 22.4 Å². The van der Waals surface area contributed by atoms with E-state index < -0.39 is 10.0 Å². The van der Waals surface area contributed by atoms with E-state index in [0.29, 0.717) is 12.1 Å². The van der Waals surface area contributed by atoms with Crippen LogP contribution in [0.3, 0.4) is 0 Å². The summed E-state index contributed by atoms with van der Waals surface area (Å²) in [6, 6.07) is 6.49. The van der Waals surface area contributed by atoms with Gasteiger partial charge in [0.25, 0.3) is 5.91 Å². The van der Waals surface area contributed by atoms with Crippen molar-refractivity contribution in [2.45, 2.75) is 81.7 Å². The highest BCUT2D eigenvalue weighted by Crippen LogP contribution is 2.27. The van der Waals surface area contributed by atoms with Crippen LogP contribution in [-0.2, 0) is 10.0 Å². The predicted octanol–water partition coefficient (Wildman–Crippen LogP) is 3.63. The molecule has 1 aliphatic carbocycles. The van der Waals surface area contributed by atoms with Gasteiger partial charge in [0.05, 0.1) is 4.90 Å². The van der Waals surface area contributed by atoms with Crippen LogP contribution in [0.15, 0.2) is 29.2 Å². The van der Waals surface area contributed by atoms with Crippen molar-refractivity contribution >= 4 is 15.9 Å². The molecular formula is C23H37N3O3S. The zero-order valence-corrected chi connectivity index (χ0v) is 19.5. The molecule has 6 nitrogen and oxygen atoms in total. The van der Waals surface area contributed by atoms with Gasteiger partial charge in [-0.1, -0.05) is 31.7 Å². The Morgan fingerprint density at radius 1 is 1.10 bits per heavy atom. The molecule has 7 heteroatoms. The fourth-order valence-corrected chi connectivity index (χ4v) is 6.08. The molecule has 2 fully saturated rings. The summed E-state index contributed by atoms with van der Waals surface area (Å²) in [4.78, 5) is 15.4. The molecule has 0 bridgehead atoms. The number of nitrogens with zero attached hydrogens (tertiary/aromatic N) is 2. The Morgan fingerprint density at radius 3 is 2.40 bits per heavy atom. The van der Waals surface area contributed by atoms with E-state index in [1.807, 2.05) is 0 Å². The molecule has 1 heterocycles. The van der Waals surface area contributed by atoms with Gasteiger partial charge in [-0.05, 0) is 70.8 Å². The molecule has 0 spiro atoms. The van der Waals surface area contributed by atoms with Crippen LogP contribution in [0.4, 0.5) is 0 Å². The van der Waals surface area contributed by atoms with Gasteiger partial charge in [-0.3, -0.25) is 9.69 Å². The summed E-state index contributed by atoms with van der Waals surface area (Å²) in [6.07, 6.45) is 8.80. The van der Waals surface area contributed by atoms with E-state index in [2.05, 4.69) is 24.1 Å². The second-order valence-electron chi connectivity index (χ2n) is 9.38. The van der Waals surface area contributed by atoms with Crippen molar-refractivity contribution in [3.05, 3.63) is 29.8 Å². The Kier molecular flexibility index (Phi) is 7.58. The third kappa shape index (κ3) is 5.42. The summed E-state index contributed by atoms with van der Waals surface area (Å²) in [6.45, 7) is 6.95. The lowest BCUT2D eigenvalue weighted by molar-refractivity contribution is 0.0797. The molecule has 1 aromatic rings. The molecule has 1 saturated heterocycles. The van der Waals surface area contributed by atoms with E-state index in [0.717, 1.165) is 38.8 Å². The summed E-state index contributed by atoms with van der Waals surface area (Å²) >= 11 is 0. The normalized spacial score (nSPS) is 19.7. The van der Waals surface area contributed by atoms with Crippen LogP contribution < -0.4 is 5.32 Å². The van der Waals surface area contributed by atoms with E-state index in [1.165, 1.54) is 36.1 Å². The summed E-state index contributed by atoms with van der Waals surface area (Å²) in [5.74, 6) is -0.225. The average molecular weight is 436 g/mol. The molecule has 0 atom stereocenters. The summed E-state index contributed by atoms with van der Waals surface area (Å²) < 4.78 is 27.7. The number of sulfonamides is 1. The number of hydrogen-bond donors (Lipinski definition) is 1. The second-order valence-corrected chi connectivity index (χ2v) is 11.4. The van der Waals surface area contributed by atoms with Gasteiger partial charge in [-0.25, -0.2) is 8.42 Å². The molecule has 1 aliphatic heterocycles. The Hall–Kier alpha value is -1.44. The summed E-state index contributed by atoms with van der Waals surface area (Å²) in [5, 5.41) is 3.02. The number of amides is 1. The smallest absolute Gasteiger partial charge is 0.251 e. The van der Waals surface area contributed by atoms with Gasteiger partial charge in [0.2, 0.25) is 10.0 Å². The Balaban J connectivity index is 1.67. The summed E-state index contributed by atoms with van der Waals surface area (Å²) in [5.41, 5.74) is 0.267. The number of likely N-dealkylation sites (tertiary alicyclic amines) is 1. The van der Waals surface area contributed by atoms with Crippen molar-refractivity contribution in [1.82, 2.24) is 14.5 Å². The maximum Gasteiger partial charge on any atom is 0.251 e. The predicted molar refractivity (Wildman–Crippen MR) is 120 cm³/mol. The quantitative estimate of drug-likeness (QED) is 0.710. The first-order valence-electron chi connectivity index (χ1n) is 11.3. The van der Waals surface area contributed by atoms with Crippen molar-refractivity contribution in [2.75, 3.05) is 26.7 Å². The highest BCUT2D eigenvalue weighted by molar-refractivity contribution is 7.89. The standard InChI is InChI=1S/C23H37N3O3S/c1-23(2,26-15-8-5-9-16-26)18-24-22(27)19-11-10-14-21(17-19)30(28,29)25(3)20-12-6-4-7-13-20/h10-11,14,17,20H,4-9,12-13,15-16,18H2,1-3H3,(H,24,27). The van der Waals surface area contributed by atoms with Crippen molar-refractivity contribution in [3.63, 3.8) is 0 Å². The molecule has 2 aliphatic rings. The number of piperidine rings is 1. The van der Waals surface area contributed by atoms with Gasteiger partial charge in [0.1, 0.15) is 0 Å². The third-order valence-corrected chi connectivity index (χ3v) is 8.66. The minimum atomic E-state index is -3.61. The van der Waals surface area contributed by atoms with Gasteiger partial charge in [-0.15, -0.1) is 0 Å². The van der Waals surface area contributed by atoms with E-state index in [9.17, 15) is 13.2 Å². The molecule has 30 heavy (non-hydrogen) atoms. The number of carbonyl (C=O) groups is 1. The molecule has 0 unspecified atom stereocenters. The second kappa shape index (κ2) is 9.79. The van der Waals surface area contributed by atoms with Gasteiger partial charge in [0, 0.05) is 30.7 Å². The number of hydrogen-bond acceptors (Lipinski definition) is 4. The molecule has 1 aromatic carbocycles. The van der Waals surface area contributed by atoms with Crippen molar-refractivity contribution < 1.29 is 13.2 Å². The molecule has 1 amide bonds.